The predicted molar refractivity (Wildman–Crippen MR) is 79.1 cm³/mol. The van der Waals surface area contributed by atoms with Gasteiger partial charge in [-0.05, 0) is 5.41 Å². The molecule has 0 aromatic carbocycles. The Labute approximate surface area is 113 Å². The van der Waals surface area contributed by atoms with Crippen LogP contribution in [-0.2, 0) is 17.4 Å². The predicted octanol–water partition coefficient (Wildman–Crippen LogP) is 4.52. The third-order valence-electron chi connectivity index (χ3n) is 2.90. The summed E-state index contributed by atoms with van der Waals surface area (Å²) in [5, 5.41) is 0. The first kappa shape index (κ1) is 15.3. The van der Waals surface area contributed by atoms with Gasteiger partial charge < -0.3 is 4.57 Å². The van der Waals surface area contributed by atoms with E-state index in [2.05, 4.69) is 66.9 Å². The Morgan fingerprint density at radius 1 is 0.889 bits per heavy atom. The van der Waals surface area contributed by atoms with Gasteiger partial charge in [0.05, 0.1) is 12.0 Å². The molecule has 2 heteroatoms. The van der Waals surface area contributed by atoms with E-state index in [1.807, 2.05) is 6.33 Å². The SMILES string of the molecule is CC(C)(C)Cn1cnc(C(C)(C)C)c1C(C)(C)C. The highest BCUT2D eigenvalue weighted by atomic mass is 15.1. The maximum Gasteiger partial charge on any atom is 0.0952 e. The van der Waals surface area contributed by atoms with Gasteiger partial charge in [0.1, 0.15) is 0 Å². The van der Waals surface area contributed by atoms with Crippen LogP contribution in [0.2, 0.25) is 0 Å². The number of nitrogens with zero attached hydrogens (tertiary/aromatic N) is 2. The van der Waals surface area contributed by atoms with Gasteiger partial charge in [-0.3, -0.25) is 0 Å². The van der Waals surface area contributed by atoms with Gasteiger partial charge in [0, 0.05) is 23.1 Å². The van der Waals surface area contributed by atoms with Crippen molar-refractivity contribution in [3.8, 4) is 0 Å². The molecule has 0 aliphatic heterocycles. The van der Waals surface area contributed by atoms with Gasteiger partial charge in [0.15, 0.2) is 0 Å². The van der Waals surface area contributed by atoms with Crippen LogP contribution >= 0.6 is 0 Å². The van der Waals surface area contributed by atoms with Crippen molar-refractivity contribution in [1.82, 2.24) is 9.55 Å². The van der Waals surface area contributed by atoms with E-state index in [1.54, 1.807) is 0 Å². The summed E-state index contributed by atoms with van der Waals surface area (Å²) in [5.74, 6) is 0. The van der Waals surface area contributed by atoms with E-state index in [-0.39, 0.29) is 16.2 Å². The molecule has 0 aliphatic carbocycles. The Morgan fingerprint density at radius 3 is 1.72 bits per heavy atom. The summed E-state index contributed by atoms with van der Waals surface area (Å²) in [6.45, 7) is 21.4. The molecule has 0 N–H and O–H groups in total. The fourth-order valence-electron chi connectivity index (χ4n) is 2.35. The van der Waals surface area contributed by atoms with E-state index in [0.29, 0.717) is 0 Å². The van der Waals surface area contributed by atoms with Crippen molar-refractivity contribution in [3.05, 3.63) is 17.7 Å². The first-order valence-electron chi connectivity index (χ1n) is 6.88. The van der Waals surface area contributed by atoms with Crippen LogP contribution in [-0.4, -0.2) is 9.55 Å². The van der Waals surface area contributed by atoms with Crippen molar-refractivity contribution in [3.63, 3.8) is 0 Å². The van der Waals surface area contributed by atoms with Crippen LogP contribution < -0.4 is 0 Å². The standard InChI is InChI=1S/C16H30N2/c1-14(2,3)10-18-11-17-12(15(4,5)6)13(18)16(7,8)9/h11H,10H2,1-9H3. The molecular weight excluding hydrogens is 220 g/mol. The molecule has 0 unspecified atom stereocenters. The van der Waals surface area contributed by atoms with E-state index >= 15 is 0 Å². The van der Waals surface area contributed by atoms with Crippen LogP contribution in [0.1, 0.15) is 73.7 Å². The second-order valence-corrected chi connectivity index (χ2v) is 8.63. The monoisotopic (exact) mass is 250 g/mol. The first-order valence-corrected chi connectivity index (χ1v) is 6.88. The van der Waals surface area contributed by atoms with Gasteiger partial charge in [-0.2, -0.15) is 0 Å². The zero-order valence-corrected chi connectivity index (χ0v) is 13.7. The fraction of sp³-hybridized carbons (Fsp3) is 0.812. The van der Waals surface area contributed by atoms with Crippen LogP contribution in [0.5, 0.6) is 0 Å². The minimum atomic E-state index is 0.103. The van der Waals surface area contributed by atoms with E-state index in [1.165, 1.54) is 11.4 Å². The van der Waals surface area contributed by atoms with Gasteiger partial charge in [0.2, 0.25) is 0 Å². The highest BCUT2D eigenvalue weighted by Gasteiger charge is 2.31. The molecule has 0 saturated carbocycles. The number of hydrogen-bond donors (Lipinski definition) is 0. The molecule has 0 spiro atoms. The molecule has 0 saturated heterocycles. The highest BCUT2D eigenvalue weighted by molar-refractivity contribution is 5.27. The lowest BCUT2D eigenvalue weighted by Gasteiger charge is -2.29. The zero-order valence-electron chi connectivity index (χ0n) is 13.7. The maximum absolute atomic E-state index is 4.70. The maximum atomic E-state index is 4.70. The van der Waals surface area contributed by atoms with E-state index in [4.69, 9.17) is 4.98 Å². The summed E-state index contributed by atoms with van der Waals surface area (Å²) in [5.41, 5.74) is 3.12. The lowest BCUT2D eigenvalue weighted by atomic mass is 9.81. The van der Waals surface area contributed by atoms with E-state index in [9.17, 15) is 0 Å². The number of aromatic nitrogens is 2. The molecule has 1 aromatic heterocycles. The Bertz CT molecular complexity index is 406. The molecule has 0 radical (unpaired) electrons. The molecule has 0 bridgehead atoms. The lowest BCUT2D eigenvalue weighted by Crippen LogP contribution is -2.27. The summed E-state index contributed by atoms with van der Waals surface area (Å²) in [7, 11) is 0. The molecular formula is C16H30N2. The molecule has 1 rings (SSSR count). The minimum Gasteiger partial charge on any atom is -0.333 e. The van der Waals surface area contributed by atoms with Crippen molar-refractivity contribution in [2.75, 3.05) is 0 Å². The number of hydrogen-bond acceptors (Lipinski definition) is 1. The van der Waals surface area contributed by atoms with Crippen LogP contribution in [0.4, 0.5) is 0 Å². The van der Waals surface area contributed by atoms with Gasteiger partial charge in [-0.25, -0.2) is 4.98 Å². The van der Waals surface area contributed by atoms with Crippen molar-refractivity contribution < 1.29 is 0 Å². The molecule has 0 amide bonds. The van der Waals surface area contributed by atoms with Gasteiger partial charge in [-0.1, -0.05) is 62.3 Å². The van der Waals surface area contributed by atoms with Gasteiger partial charge in [-0.15, -0.1) is 0 Å². The van der Waals surface area contributed by atoms with E-state index in [0.717, 1.165) is 6.54 Å². The normalized spacial score (nSPS) is 14.1. The molecule has 1 heterocycles. The van der Waals surface area contributed by atoms with Crippen LogP contribution in [0.25, 0.3) is 0 Å². The lowest BCUT2D eigenvalue weighted by molar-refractivity contribution is 0.327. The largest absolute Gasteiger partial charge is 0.333 e. The van der Waals surface area contributed by atoms with Crippen molar-refractivity contribution >= 4 is 0 Å². The van der Waals surface area contributed by atoms with E-state index < -0.39 is 0 Å². The topological polar surface area (TPSA) is 17.8 Å². The summed E-state index contributed by atoms with van der Waals surface area (Å²) in [6, 6.07) is 0. The summed E-state index contributed by atoms with van der Waals surface area (Å²) in [6.07, 6.45) is 2.02. The molecule has 18 heavy (non-hydrogen) atoms. The minimum absolute atomic E-state index is 0.103. The Hall–Kier alpha value is -0.790. The summed E-state index contributed by atoms with van der Waals surface area (Å²) < 4.78 is 2.35. The summed E-state index contributed by atoms with van der Waals surface area (Å²) >= 11 is 0. The Kier molecular flexibility index (Phi) is 3.73. The third-order valence-corrected chi connectivity index (χ3v) is 2.90. The van der Waals surface area contributed by atoms with Crippen LogP contribution in [0, 0.1) is 5.41 Å². The molecule has 0 atom stereocenters. The second kappa shape index (κ2) is 4.40. The number of imidazole rings is 1. The average Bonchev–Trinajstić information content (AvgIpc) is 2.41. The first-order chi connectivity index (χ1) is 7.82. The van der Waals surface area contributed by atoms with Gasteiger partial charge >= 0.3 is 0 Å². The molecule has 0 aliphatic rings. The molecule has 0 fully saturated rings. The Balaban J connectivity index is 3.34. The fourth-order valence-corrected chi connectivity index (χ4v) is 2.35. The van der Waals surface area contributed by atoms with Crippen molar-refractivity contribution in [1.29, 1.82) is 0 Å². The second-order valence-electron chi connectivity index (χ2n) is 8.63. The van der Waals surface area contributed by atoms with Gasteiger partial charge in [0.25, 0.3) is 0 Å². The average molecular weight is 250 g/mol. The van der Waals surface area contributed by atoms with Crippen LogP contribution in [0.15, 0.2) is 6.33 Å². The molecule has 104 valence electrons. The number of rotatable bonds is 1. The smallest absolute Gasteiger partial charge is 0.0952 e. The zero-order chi connectivity index (χ0) is 14.4. The molecule has 2 nitrogen and oxygen atoms in total. The van der Waals surface area contributed by atoms with Crippen LogP contribution in [0.3, 0.4) is 0 Å². The third kappa shape index (κ3) is 3.60. The summed E-state index contributed by atoms with van der Waals surface area (Å²) in [4.78, 5) is 4.70. The quantitative estimate of drug-likeness (QED) is 0.716. The molecule has 1 aromatic rings. The van der Waals surface area contributed by atoms with Crippen molar-refractivity contribution in [2.45, 2.75) is 79.7 Å². The highest BCUT2D eigenvalue weighted by Crippen LogP contribution is 2.34. The Morgan fingerprint density at radius 2 is 1.39 bits per heavy atom. The van der Waals surface area contributed by atoms with Crippen molar-refractivity contribution in [2.24, 2.45) is 5.41 Å².